The lowest BCUT2D eigenvalue weighted by molar-refractivity contribution is -0.125. The van der Waals surface area contributed by atoms with E-state index in [0.29, 0.717) is 6.61 Å². The summed E-state index contributed by atoms with van der Waals surface area (Å²) in [6, 6.07) is 9.69. The van der Waals surface area contributed by atoms with Crippen molar-refractivity contribution < 1.29 is 19.4 Å². The van der Waals surface area contributed by atoms with Crippen LogP contribution in [0.5, 0.6) is 0 Å². The minimum absolute atomic E-state index is 0.193. The molecule has 2 rings (SSSR count). The van der Waals surface area contributed by atoms with Crippen molar-refractivity contribution in [1.29, 1.82) is 0 Å². The van der Waals surface area contributed by atoms with Crippen molar-refractivity contribution in [2.45, 2.75) is 12.7 Å². The van der Waals surface area contributed by atoms with Crippen LogP contribution in [0.25, 0.3) is 0 Å². The van der Waals surface area contributed by atoms with E-state index in [-0.39, 0.29) is 18.1 Å². The van der Waals surface area contributed by atoms with E-state index < -0.39 is 12.0 Å². The normalized spacial score (nSPS) is 23.0. The molecule has 0 unspecified atom stereocenters. The zero-order valence-electron chi connectivity index (χ0n) is 10.2. The highest BCUT2D eigenvalue weighted by atomic mass is 16.5. The number of hydrogen-bond donors (Lipinski definition) is 1. The number of benzene rings is 1. The van der Waals surface area contributed by atoms with Gasteiger partial charge in [-0.1, -0.05) is 30.3 Å². The van der Waals surface area contributed by atoms with Crippen LogP contribution < -0.4 is 0 Å². The molecule has 4 nitrogen and oxygen atoms in total. The van der Waals surface area contributed by atoms with Gasteiger partial charge >= 0.3 is 0 Å². The van der Waals surface area contributed by atoms with Crippen molar-refractivity contribution in [2.75, 3.05) is 13.7 Å². The first kappa shape index (κ1) is 12.8. The molecule has 1 aliphatic carbocycles. The van der Waals surface area contributed by atoms with Crippen molar-refractivity contribution in [1.82, 2.24) is 0 Å². The van der Waals surface area contributed by atoms with Gasteiger partial charge in [0.25, 0.3) is 0 Å². The predicted octanol–water partition coefficient (Wildman–Crippen LogP) is 1.29. The van der Waals surface area contributed by atoms with Gasteiger partial charge in [0.1, 0.15) is 0 Å². The maximum atomic E-state index is 11.8. The van der Waals surface area contributed by atoms with Gasteiger partial charge < -0.3 is 14.6 Å². The second-order valence-corrected chi connectivity index (χ2v) is 4.20. The van der Waals surface area contributed by atoms with Crippen molar-refractivity contribution in [3.8, 4) is 0 Å². The van der Waals surface area contributed by atoms with Gasteiger partial charge in [-0.2, -0.15) is 0 Å². The molecule has 0 spiro atoms. The van der Waals surface area contributed by atoms with Crippen LogP contribution in [0.15, 0.2) is 42.2 Å². The second-order valence-electron chi connectivity index (χ2n) is 4.20. The Morgan fingerprint density at radius 2 is 2.00 bits per heavy atom. The van der Waals surface area contributed by atoms with E-state index in [9.17, 15) is 9.90 Å². The highest BCUT2D eigenvalue weighted by molar-refractivity contribution is 5.98. The fourth-order valence-electron chi connectivity index (χ4n) is 1.91. The van der Waals surface area contributed by atoms with E-state index in [2.05, 4.69) is 0 Å². The van der Waals surface area contributed by atoms with Crippen LogP contribution >= 0.6 is 0 Å². The average molecular weight is 248 g/mol. The summed E-state index contributed by atoms with van der Waals surface area (Å²) in [5, 5.41) is 9.70. The van der Waals surface area contributed by atoms with Crippen LogP contribution in [0.2, 0.25) is 0 Å². The van der Waals surface area contributed by atoms with Crippen LogP contribution in [-0.2, 0) is 20.9 Å². The maximum absolute atomic E-state index is 11.8. The lowest BCUT2D eigenvalue weighted by Gasteiger charge is -2.13. The summed E-state index contributed by atoms with van der Waals surface area (Å²) in [6.45, 7) is 0.623. The van der Waals surface area contributed by atoms with Crippen molar-refractivity contribution >= 4 is 5.78 Å². The molecule has 0 fully saturated rings. The first-order valence-electron chi connectivity index (χ1n) is 5.82. The quantitative estimate of drug-likeness (QED) is 0.853. The van der Waals surface area contributed by atoms with Gasteiger partial charge in [-0.15, -0.1) is 0 Å². The Kier molecular flexibility index (Phi) is 4.12. The predicted molar refractivity (Wildman–Crippen MR) is 65.7 cm³/mol. The molecule has 0 bridgehead atoms. The Bertz CT molecular complexity index is 438. The number of methoxy groups -OCH3 is 1. The van der Waals surface area contributed by atoms with Gasteiger partial charge in [0.05, 0.1) is 32.3 Å². The van der Waals surface area contributed by atoms with E-state index >= 15 is 0 Å². The number of aliphatic hydroxyl groups is 1. The number of aliphatic hydroxyl groups excluding tert-OH is 1. The minimum atomic E-state index is -0.816. The van der Waals surface area contributed by atoms with Crippen LogP contribution in [0.1, 0.15) is 5.56 Å². The number of carbonyl (C=O) groups excluding carboxylic acids is 1. The standard InChI is InChI=1S/C14H16O4/c1-17-13-7-12(15)11(14(13)16)9-18-8-10-5-3-2-4-6-10/h2-7,11-12,15H,8-9H2,1H3/t11-,12+/m1/s1. The summed E-state index contributed by atoms with van der Waals surface area (Å²) in [7, 11) is 1.42. The van der Waals surface area contributed by atoms with E-state index in [1.807, 2.05) is 30.3 Å². The summed E-state index contributed by atoms with van der Waals surface area (Å²) in [5.41, 5.74) is 1.04. The zero-order valence-corrected chi connectivity index (χ0v) is 10.2. The molecule has 18 heavy (non-hydrogen) atoms. The minimum Gasteiger partial charge on any atom is -0.493 e. The summed E-state index contributed by atoms with van der Waals surface area (Å²) >= 11 is 0. The van der Waals surface area contributed by atoms with Gasteiger partial charge in [0.2, 0.25) is 5.78 Å². The summed E-state index contributed by atoms with van der Waals surface area (Å²) < 4.78 is 10.4. The van der Waals surface area contributed by atoms with Crippen molar-refractivity contribution in [2.24, 2.45) is 5.92 Å². The molecule has 1 N–H and O–H groups in total. The largest absolute Gasteiger partial charge is 0.493 e. The lowest BCUT2D eigenvalue weighted by Crippen LogP contribution is -2.26. The molecule has 0 amide bonds. The Morgan fingerprint density at radius 1 is 1.28 bits per heavy atom. The van der Waals surface area contributed by atoms with E-state index in [1.54, 1.807) is 0 Å². The van der Waals surface area contributed by atoms with E-state index in [1.165, 1.54) is 13.2 Å². The van der Waals surface area contributed by atoms with Gasteiger partial charge in [0.15, 0.2) is 5.76 Å². The molecule has 0 aliphatic heterocycles. The Morgan fingerprint density at radius 3 is 2.61 bits per heavy atom. The Hall–Kier alpha value is -1.65. The molecule has 2 atom stereocenters. The van der Waals surface area contributed by atoms with Crippen LogP contribution in [0.4, 0.5) is 0 Å². The Labute approximate surface area is 106 Å². The van der Waals surface area contributed by atoms with Gasteiger partial charge in [0, 0.05) is 0 Å². The number of Topliss-reactive ketones (excluding diaryl/α,β-unsaturated/α-hetero) is 1. The van der Waals surface area contributed by atoms with Gasteiger partial charge in [-0.25, -0.2) is 0 Å². The fraction of sp³-hybridized carbons (Fsp3) is 0.357. The van der Waals surface area contributed by atoms with E-state index in [0.717, 1.165) is 5.56 Å². The third kappa shape index (κ3) is 2.78. The molecule has 4 heteroatoms. The number of allylic oxidation sites excluding steroid dienone is 1. The number of hydrogen-bond acceptors (Lipinski definition) is 4. The third-order valence-electron chi connectivity index (χ3n) is 2.94. The summed E-state index contributed by atoms with van der Waals surface area (Å²) in [4.78, 5) is 11.8. The molecule has 1 aromatic carbocycles. The monoisotopic (exact) mass is 248 g/mol. The molecule has 0 aromatic heterocycles. The van der Waals surface area contributed by atoms with Crippen LogP contribution in [0, 0.1) is 5.92 Å². The fourth-order valence-corrected chi connectivity index (χ4v) is 1.91. The molecule has 0 saturated heterocycles. The number of ketones is 1. The van der Waals surface area contributed by atoms with Gasteiger partial charge in [-0.3, -0.25) is 4.79 Å². The molecule has 1 aliphatic rings. The first-order chi connectivity index (χ1) is 8.72. The molecule has 1 aromatic rings. The lowest BCUT2D eigenvalue weighted by atomic mass is 10.1. The number of ether oxygens (including phenoxy) is 2. The van der Waals surface area contributed by atoms with Crippen molar-refractivity contribution in [3.05, 3.63) is 47.7 Å². The third-order valence-corrected chi connectivity index (χ3v) is 2.94. The zero-order chi connectivity index (χ0) is 13.0. The average Bonchev–Trinajstić information content (AvgIpc) is 2.67. The van der Waals surface area contributed by atoms with Crippen LogP contribution in [0.3, 0.4) is 0 Å². The highest BCUT2D eigenvalue weighted by Crippen LogP contribution is 2.22. The number of carbonyl (C=O) groups is 1. The molecular weight excluding hydrogens is 232 g/mol. The number of rotatable bonds is 5. The Balaban J connectivity index is 1.83. The maximum Gasteiger partial charge on any atom is 0.205 e. The molecule has 0 saturated carbocycles. The first-order valence-corrected chi connectivity index (χ1v) is 5.82. The van der Waals surface area contributed by atoms with Crippen LogP contribution in [-0.4, -0.2) is 30.7 Å². The highest BCUT2D eigenvalue weighted by Gasteiger charge is 2.35. The topological polar surface area (TPSA) is 55.8 Å². The molecule has 0 radical (unpaired) electrons. The summed E-state index contributed by atoms with van der Waals surface area (Å²) in [5.74, 6) is -0.530. The van der Waals surface area contributed by atoms with E-state index in [4.69, 9.17) is 9.47 Å². The second kappa shape index (κ2) is 5.80. The molecule has 0 heterocycles. The summed E-state index contributed by atoms with van der Waals surface area (Å²) in [6.07, 6.45) is 0.613. The van der Waals surface area contributed by atoms with Crippen molar-refractivity contribution in [3.63, 3.8) is 0 Å². The van der Waals surface area contributed by atoms with Gasteiger partial charge in [-0.05, 0) is 11.6 Å². The SMILES string of the molecule is COC1=C[C@H](O)[C@@H](COCc2ccccc2)C1=O. The molecular formula is C14H16O4. The smallest absolute Gasteiger partial charge is 0.205 e. The molecule has 96 valence electrons.